The Morgan fingerprint density at radius 1 is 1.17 bits per heavy atom. The normalized spacial score (nSPS) is 35.8. The molecule has 2 aliphatic heterocycles. The Labute approximate surface area is 142 Å². The molecular formula is C16H28N4O2S. The van der Waals surface area contributed by atoms with Crippen molar-refractivity contribution in [3.63, 3.8) is 0 Å². The van der Waals surface area contributed by atoms with Crippen molar-refractivity contribution in [1.82, 2.24) is 20.4 Å². The summed E-state index contributed by atoms with van der Waals surface area (Å²) >= 11 is 1.92. The molecule has 6 nitrogen and oxygen atoms in total. The number of rotatable bonds is 4. The van der Waals surface area contributed by atoms with Crippen LogP contribution < -0.4 is 10.6 Å². The molecule has 2 saturated heterocycles. The van der Waals surface area contributed by atoms with Gasteiger partial charge in [-0.15, -0.1) is 11.8 Å². The first-order valence-corrected chi connectivity index (χ1v) is 9.69. The third-order valence-electron chi connectivity index (χ3n) is 5.24. The second kappa shape index (κ2) is 6.99. The Kier molecular flexibility index (Phi) is 5.18. The average Bonchev–Trinajstić information content (AvgIpc) is 3.04. The molecule has 1 saturated carbocycles. The first kappa shape index (κ1) is 17.0. The lowest BCUT2D eigenvalue weighted by molar-refractivity contribution is -0.140. The number of hydrogen-bond donors (Lipinski definition) is 2. The summed E-state index contributed by atoms with van der Waals surface area (Å²) < 4.78 is 0. The zero-order valence-electron chi connectivity index (χ0n) is 14.2. The molecular weight excluding hydrogens is 312 g/mol. The summed E-state index contributed by atoms with van der Waals surface area (Å²) in [5, 5.41) is 7.82. The van der Waals surface area contributed by atoms with E-state index in [-0.39, 0.29) is 35.6 Å². The Bertz CT molecular complexity index is 469. The number of imide groups is 1. The van der Waals surface area contributed by atoms with E-state index in [1.807, 2.05) is 11.8 Å². The van der Waals surface area contributed by atoms with Crippen LogP contribution in [0.15, 0.2) is 0 Å². The predicted molar refractivity (Wildman–Crippen MR) is 91.8 cm³/mol. The summed E-state index contributed by atoms with van der Waals surface area (Å²) in [4.78, 5) is 28.0. The van der Waals surface area contributed by atoms with Gasteiger partial charge in [0.25, 0.3) is 0 Å². The smallest absolute Gasteiger partial charge is 0.311 e. The van der Waals surface area contributed by atoms with Crippen molar-refractivity contribution in [2.24, 2.45) is 5.92 Å². The highest BCUT2D eigenvalue weighted by Gasteiger charge is 2.51. The molecule has 0 bridgehead atoms. The van der Waals surface area contributed by atoms with Crippen LogP contribution in [0, 0.1) is 5.92 Å². The van der Waals surface area contributed by atoms with Gasteiger partial charge < -0.3 is 4.90 Å². The minimum Gasteiger partial charge on any atom is -0.311 e. The van der Waals surface area contributed by atoms with Gasteiger partial charge in [0, 0.05) is 19.3 Å². The number of thioether (sulfide) groups is 1. The fourth-order valence-corrected chi connectivity index (χ4v) is 5.62. The van der Waals surface area contributed by atoms with Crippen molar-refractivity contribution < 1.29 is 9.59 Å². The molecule has 0 aromatic rings. The van der Waals surface area contributed by atoms with E-state index in [4.69, 9.17) is 0 Å². The van der Waals surface area contributed by atoms with Gasteiger partial charge in [-0.05, 0) is 19.3 Å². The monoisotopic (exact) mass is 340 g/mol. The van der Waals surface area contributed by atoms with Crippen LogP contribution in [0.5, 0.6) is 0 Å². The molecule has 3 aliphatic rings. The quantitative estimate of drug-likeness (QED) is 0.817. The highest BCUT2D eigenvalue weighted by Crippen LogP contribution is 2.38. The van der Waals surface area contributed by atoms with Crippen molar-refractivity contribution in [3.8, 4) is 0 Å². The van der Waals surface area contributed by atoms with Crippen LogP contribution in [-0.4, -0.2) is 58.8 Å². The molecule has 130 valence electrons. The molecule has 0 spiro atoms. The summed E-state index contributed by atoms with van der Waals surface area (Å²) in [6.45, 7) is 2.16. The van der Waals surface area contributed by atoms with Gasteiger partial charge in [-0.3, -0.25) is 20.3 Å². The van der Waals surface area contributed by atoms with Crippen LogP contribution in [0.3, 0.4) is 0 Å². The zero-order chi connectivity index (χ0) is 16.6. The van der Waals surface area contributed by atoms with Gasteiger partial charge in [0.15, 0.2) is 0 Å². The Morgan fingerprint density at radius 3 is 2.52 bits per heavy atom. The molecule has 1 aliphatic carbocycles. The molecule has 0 aromatic carbocycles. The molecule has 3 rings (SSSR count). The van der Waals surface area contributed by atoms with E-state index < -0.39 is 0 Å². The molecule has 4 atom stereocenters. The fraction of sp³-hybridized carbons (Fsp3) is 0.875. The first-order chi connectivity index (χ1) is 11.0. The molecule has 3 amide bonds. The molecule has 3 fully saturated rings. The second-order valence-corrected chi connectivity index (χ2v) is 8.35. The van der Waals surface area contributed by atoms with E-state index in [9.17, 15) is 9.59 Å². The number of fused-ring (bicyclic) bond motifs is 1. The molecule has 4 unspecified atom stereocenters. The highest BCUT2D eigenvalue weighted by molar-refractivity contribution is 8.00. The number of amides is 3. The molecule has 0 aromatic heterocycles. The maximum atomic E-state index is 12.7. The van der Waals surface area contributed by atoms with Gasteiger partial charge >= 0.3 is 6.03 Å². The van der Waals surface area contributed by atoms with E-state index in [2.05, 4.69) is 17.6 Å². The van der Waals surface area contributed by atoms with Gasteiger partial charge in [0.2, 0.25) is 5.91 Å². The summed E-state index contributed by atoms with van der Waals surface area (Å²) in [7, 11) is 3.38. The molecule has 7 heteroatoms. The number of nitrogens with zero attached hydrogens (tertiary/aromatic N) is 2. The largest absolute Gasteiger partial charge is 0.327 e. The Hall–Kier alpha value is -0.790. The van der Waals surface area contributed by atoms with Crippen LogP contribution >= 0.6 is 11.8 Å². The summed E-state index contributed by atoms with van der Waals surface area (Å²) in [5.41, 5.74) is 0. The molecule has 2 N–H and O–H groups in total. The molecule has 0 radical (unpaired) electrons. The summed E-state index contributed by atoms with van der Waals surface area (Å²) in [5.74, 6) is -0.287. The minimum absolute atomic E-state index is 0.0662. The highest BCUT2D eigenvalue weighted by atomic mass is 32.2. The van der Waals surface area contributed by atoms with Crippen LogP contribution in [0.2, 0.25) is 0 Å². The fourth-order valence-electron chi connectivity index (χ4n) is 3.93. The van der Waals surface area contributed by atoms with Crippen LogP contribution in [-0.2, 0) is 4.79 Å². The van der Waals surface area contributed by atoms with Crippen molar-refractivity contribution >= 4 is 23.7 Å². The lowest BCUT2D eigenvalue weighted by Gasteiger charge is -2.50. The second-order valence-electron chi connectivity index (χ2n) is 6.90. The van der Waals surface area contributed by atoms with E-state index in [1.54, 1.807) is 19.0 Å². The van der Waals surface area contributed by atoms with Gasteiger partial charge in [-0.2, -0.15) is 0 Å². The van der Waals surface area contributed by atoms with E-state index in [1.165, 1.54) is 30.6 Å². The predicted octanol–water partition coefficient (Wildman–Crippen LogP) is 1.77. The first-order valence-electron chi connectivity index (χ1n) is 8.74. The van der Waals surface area contributed by atoms with Crippen LogP contribution in [0.1, 0.15) is 45.4 Å². The van der Waals surface area contributed by atoms with Crippen molar-refractivity contribution in [2.45, 2.75) is 68.4 Å². The third-order valence-corrected chi connectivity index (χ3v) is 6.82. The number of hydrogen-bond acceptors (Lipinski definition) is 5. The zero-order valence-corrected chi connectivity index (χ0v) is 15.1. The lowest BCUT2D eigenvalue weighted by atomic mass is 9.96. The Morgan fingerprint density at radius 2 is 1.87 bits per heavy atom. The SMILES string of the molecule is CCCC1NC(SC2CCCC2)C2C(=O)N(C)C(=O)N(C)C2N1. The third kappa shape index (κ3) is 3.23. The Balaban J connectivity index is 1.82. The van der Waals surface area contributed by atoms with Gasteiger partial charge in [0.1, 0.15) is 0 Å². The standard InChI is InChI=1S/C16H28N4O2S/c1-4-7-11-17-13-12(15(21)20(3)16(22)19(13)2)14(18-11)23-10-8-5-6-9-10/h10-14,17-18H,4-9H2,1-3H3. The maximum Gasteiger partial charge on any atom is 0.327 e. The van der Waals surface area contributed by atoms with E-state index in [0.717, 1.165) is 12.8 Å². The minimum atomic E-state index is -0.221. The number of carbonyl (C=O) groups is 2. The van der Waals surface area contributed by atoms with Crippen LogP contribution in [0.25, 0.3) is 0 Å². The van der Waals surface area contributed by atoms with Gasteiger partial charge in [-0.25, -0.2) is 4.79 Å². The summed E-state index contributed by atoms with van der Waals surface area (Å²) in [6, 6.07) is -0.217. The number of carbonyl (C=O) groups excluding carboxylic acids is 2. The topological polar surface area (TPSA) is 64.7 Å². The maximum absolute atomic E-state index is 12.7. The number of nitrogens with one attached hydrogen (secondary N) is 2. The van der Waals surface area contributed by atoms with E-state index >= 15 is 0 Å². The molecule has 2 heterocycles. The van der Waals surface area contributed by atoms with Gasteiger partial charge in [-0.1, -0.05) is 26.2 Å². The number of urea groups is 1. The van der Waals surface area contributed by atoms with Crippen LogP contribution in [0.4, 0.5) is 4.79 Å². The molecule has 23 heavy (non-hydrogen) atoms. The van der Waals surface area contributed by atoms with Crippen molar-refractivity contribution in [3.05, 3.63) is 0 Å². The van der Waals surface area contributed by atoms with Crippen molar-refractivity contribution in [2.75, 3.05) is 14.1 Å². The average molecular weight is 340 g/mol. The summed E-state index contributed by atoms with van der Waals surface area (Å²) in [6.07, 6.45) is 7.08. The van der Waals surface area contributed by atoms with Gasteiger partial charge in [0.05, 0.1) is 23.6 Å². The van der Waals surface area contributed by atoms with E-state index in [0.29, 0.717) is 5.25 Å². The lowest BCUT2D eigenvalue weighted by Crippen LogP contribution is -2.74. The van der Waals surface area contributed by atoms with Crippen molar-refractivity contribution in [1.29, 1.82) is 0 Å².